The van der Waals surface area contributed by atoms with Crippen LogP contribution >= 0.6 is 0 Å². The second kappa shape index (κ2) is 5.65. The summed E-state index contributed by atoms with van der Waals surface area (Å²) in [5.74, 6) is -1.77. The highest BCUT2D eigenvalue weighted by molar-refractivity contribution is 7.90. The number of carbonyl (C=O) groups is 3. The molecule has 23 heavy (non-hydrogen) atoms. The van der Waals surface area contributed by atoms with Gasteiger partial charge >= 0.3 is 0 Å². The first kappa shape index (κ1) is 15.5. The molecule has 122 valence electrons. The lowest BCUT2D eigenvalue weighted by Crippen LogP contribution is -2.36. The molecule has 0 saturated carbocycles. The quantitative estimate of drug-likeness (QED) is 0.687. The average molecular weight is 337 g/mol. The van der Waals surface area contributed by atoms with Crippen molar-refractivity contribution >= 4 is 33.4 Å². The maximum Gasteiger partial charge on any atom is 0.264 e. The summed E-state index contributed by atoms with van der Waals surface area (Å²) in [6.07, 6.45) is 0.718. The number of nitrogens with one attached hydrogen (secondary N) is 3. The SMILES string of the molecule is O=C1CC(C(=O)NS(=O)(=O)c2ccc3c(c2)CCC(=O)N3)CN1. The summed E-state index contributed by atoms with van der Waals surface area (Å²) in [5, 5.41) is 5.15. The zero-order chi connectivity index (χ0) is 16.6. The molecule has 0 spiro atoms. The highest BCUT2D eigenvalue weighted by Gasteiger charge is 2.31. The summed E-state index contributed by atoms with van der Waals surface area (Å²) in [6.45, 7) is 0.135. The molecule has 9 heteroatoms. The number of benzene rings is 1. The first-order valence-corrected chi connectivity index (χ1v) is 8.59. The monoisotopic (exact) mass is 337 g/mol. The van der Waals surface area contributed by atoms with Crippen LogP contribution in [0.5, 0.6) is 0 Å². The van der Waals surface area contributed by atoms with Crippen molar-refractivity contribution in [3.8, 4) is 0 Å². The standard InChI is InChI=1S/C14H15N3O5S/c18-12-4-1-8-5-10(2-3-11(8)16-12)23(21,22)17-14(20)9-6-13(19)15-7-9/h2-3,5,9H,1,4,6-7H2,(H,15,19)(H,16,18)(H,17,20). The van der Waals surface area contributed by atoms with Crippen molar-refractivity contribution in [3.05, 3.63) is 23.8 Å². The Hall–Kier alpha value is -2.42. The fraction of sp³-hybridized carbons (Fsp3) is 0.357. The van der Waals surface area contributed by atoms with Crippen LogP contribution in [0.3, 0.4) is 0 Å². The van der Waals surface area contributed by atoms with Crippen LogP contribution in [0.2, 0.25) is 0 Å². The first-order valence-electron chi connectivity index (χ1n) is 7.11. The molecule has 1 saturated heterocycles. The van der Waals surface area contributed by atoms with Gasteiger partial charge in [0, 0.05) is 25.1 Å². The molecule has 8 nitrogen and oxygen atoms in total. The van der Waals surface area contributed by atoms with Crippen molar-refractivity contribution in [2.75, 3.05) is 11.9 Å². The number of hydrogen-bond acceptors (Lipinski definition) is 5. The van der Waals surface area contributed by atoms with Gasteiger partial charge in [0.05, 0.1) is 10.8 Å². The average Bonchev–Trinajstić information content (AvgIpc) is 2.93. The smallest absolute Gasteiger partial charge is 0.264 e. The third kappa shape index (κ3) is 3.19. The number of fused-ring (bicyclic) bond motifs is 1. The Kier molecular flexibility index (Phi) is 3.80. The summed E-state index contributed by atoms with van der Waals surface area (Å²) in [6, 6.07) is 4.28. The van der Waals surface area contributed by atoms with Gasteiger partial charge in [-0.05, 0) is 30.2 Å². The highest BCUT2D eigenvalue weighted by Crippen LogP contribution is 2.25. The lowest BCUT2D eigenvalue weighted by Gasteiger charge is -2.18. The van der Waals surface area contributed by atoms with Gasteiger partial charge in [0.1, 0.15) is 0 Å². The molecular weight excluding hydrogens is 322 g/mol. The van der Waals surface area contributed by atoms with Gasteiger partial charge in [0.15, 0.2) is 0 Å². The van der Waals surface area contributed by atoms with Crippen LogP contribution in [0.15, 0.2) is 23.1 Å². The molecule has 0 bridgehead atoms. The second-order valence-electron chi connectivity index (χ2n) is 5.54. The molecule has 2 aliphatic rings. The van der Waals surface area contributed by atoms with Gasteiger partial charge in [0.25, 0.3) is 10.0 Å². The van der Waals surface area contributed by atoms with E-state index in [0.717, 1.165) is 0 Å². The minimum Gasteiger partial charge on any atom is -0.355 e. The molecule has 0 radical (unpaired) electrons. The number of amides is 3. The van der Waals surface area contributed by atoms with E-state index >= 15 is 0 Å². The maximum atomic E-state index is 12.3. The van der Waals surface area contributed by atoms with E-state index in [4.69, 9.17) is 0 Å². The normalized spacial score (nSPS) is 20.4. The van der Waals surface area contributed by atoms with Crippen LogP contribution in [-0.2, 0) is 30.8 Å². The van der Waals surface area contributed by atoms with Crippen molar-refractivity contribution in [3.63, 3.8) is 0 Å². The summed E-state index contributed by atoms with van der Waals surface area (Å²) in [5.41, 5.74) is 1.29. The Labute approximate surface area is 132 Å². The number of hydrogen-bond donors (Lipinski definition) is 3. The summed E-state index contributed by atoms with van der Waals surface area (Å²) >= 11 is 0. The Morgan fingerprint density at radius 3 is 2.65 bits per heavy atom. The van der Waals surface area contributed by atoms with Gasteiger partial charge in [0.2, 0.25) is 17.7 Å². The van der Waals surface area contributed by atoms with Crippen LogP contribution in [0, 0.1) is 5.92 Å². The van der Waals surface area contributed by atoms with Crippen LogP contribution in [0.1, 0.15) is 18.4 Å². The van der Waals surface area contributed by atoms with Crippen LogP contribution < -0.4 is 15.4 Å². The Balaban J connectivity index is 1.78. The minimum atomic E-state index is -4.01. The fourth-order valence-electron chi connectivity index (χ4n) is 2.59. The largest absolute Gasteiger partial charge is 0.355 e. The molecule has 3 N–H and O–H groups in total. The molecule has 1 unspecified atom stereocenters. The molecule has 3 rings (SSSR count). The number of carbonyl (C=O) groups excluding carboxylic acids is 3. The molecule has 2 heterocycles. The Morgan fingerprint density at radius 1 is 1.17 bits per heavy atom. The fourth-order valence-corrected chi connectivity index (χ4v) is 3.69. The van der Waals surface area contributed by atoms with Crippen molar-refractivity contribution in [2.24, 2.45) is 5.92 Å². The van der Waals surface area contributed by atoms with E-state index in [-0.39, 0.29) is 29.7 Å². The van der Waals surface area contributed by atoms with Gasteiger partial charge in [-0.25, -0.2) is 13.1 Å². The van der Waals surface area contributed by atoms with Crippen molar-refractivity contribution in [2.45, 2.75) is 24.2 Å². The Morgan fingerprint density at radius 2 is 1.96 bits per heavy atom. The van der Waals surface area contributed by atoms with E-state index in [1.54, 1.807) is 0 Å². The predicted molar refractivity (Wildman–Crippen MR) is 79.8 cm³/mol. The molecule has 2 aliphatic heterocycles. The van der Waals surface area contributed by atoms with E-state index in [9.17, 15) is 22.8 Å². The molecule has 3 amide bonds. The van der Waals surface area contributed by atoms with Crippen molar-refractivity contribution in [1.82, 2.24) is 10.0 Å². The van der Waals surface area contributed by atoms with E-state index in [1.807, 2.05) is 4.72 Å². The van der Waals surface area contributed by atoms with Crippen molar-refractivity contribution in [1.29, 1.82) is 0 Å². The summed E-state index contributed by atoms with van der Waals surface area (Å²) in [7, 11) is -4.01. The van der Waals surface area contributed by atoms with E-state index in [1.165, 1.54) is 18.2 Å². The lowest BCUT2D eigenvalue weighted by atomic mass is 10.0. The number of anilines is 1. The van der Waals surface area contributed by atoms with Gasteiger partial charge in [-0.15, -0.1) is 0 Å². The van der Waals surface area contributed by atoms with Crippen LogP contribution in [-0.4, -0.2) is 32.7 Å². The zero-order valence-electron chi connectivity index (χ0n) is 12.1. The number of sulfonamides is 1. The summed E-state index contributed by atoms with van der Waals surface area (Å²) < 4.78 is 26.6. The third-order valence-corrected chi connectivity index (χ3v) is 5.21. The molecule has 0 aromatic heterocycles. The van der Waals surface area contributed by atoms with Crippen molar-refractivity contribution < 1.29 is 22.8 Å². The van der Waals surface area contributed by atoms with Gasteiger partial charge in [-0.3, -0.25) is 14.4 Å². The van der Waals surface area contributed by atoms with E-state index in [0.29, 0.717) is 24.1 Å². The molecule has 1 aromatic rings. The molecular formula is C14H15N3O5S. The predicted octanol–water partition coefficient (Wildman–Crippen LogP) is -0.488. The first-order chi connectivity index (χ1) is 10.8. The third-order valence-electron chi connectivity index (χ3n) is 3.87. The van der Waals surface area contributed by atoms with E-state index in [2.05, 4.69) is 10.6 Å². The van der Waals surface area contributed by atoms with Crippen LogP contribution in [0.25, 0.3) is 0 Å². The minimum absolute atomic E-state index is 0.0163. The molecule has 0 aliphatic carbocycles. The molecule has 1 aromatic carbocycles. The lowest BCUT2D eigenvalue weighted by molar-refractivity contribution is -0.125. The molecule has 1 atom stereocenters. The topological polar surface area (TPSA) is 121 Å². The van der Waals surface area contributed by atoms with Gasteiger partial charge in [-0.1, -0.05) is 0 Å². The van der Waals surface area contributed by atoms with Gasteiger partial charge in [-0.2, -0.15) is 0 Å². The van der Waals surface area contributed by atoms with E-state index < -0.39 is 21.8 Å². The molecule has 1 fully saturated rings. The second-order valence-corrected chi connectivity index (χ2v) is 7.22. The summed E-state index contributed by atoms with van der Waals surface area (Å²) in [4.78, 5) is 34.3. The number of rotatable bonds is 3. The highest BCUT2D eigenvalue weighted by atomic mass is 32.2. The Bertz CT molecular complexity index is 803. The zero-order valence-corrected chi connectivity index (χ0v) is 12.9. The maximum absolute atomic E-state index is 12.3. The van der Waals surface area contributed by atoms with Crippen LogP contribution in [0.4, 0.5) is 5.69 Å². The number of aryl methyl sites for hydroxylation is 1. The van der Waals surface area contributed by atoms with Gasteiger partial charge < -0.3 is 10.6 Å².